The maximum atomic E-state index is 3.10. The van der Waals surface area contributed by atoms with Gasteiger partial charge in [-0.05, 0) is 0 Å². The Bertz CT molecular complexity index is 75.9. The summed E-state index contributed by atoms with van der Waals surface area (Å²) in [6.45, 7) is 4.25. The summed E-state index contributed by atoms with van der Waals surface area (Å²) >= 11 is 0.607. The molecular formula is C6H10Se. The van der Waals surface area contributed by atoms with Crippen molar-refractivity contribution < 1.29 is 0 Å². The van der Waals surface area contributed by atoms with Gasteiger partial charge in [0.15, 0.2) is 0 Å². The van der Waals surface area contributed by atoms with E-state index >= 15 is 0 Å². The molecule has 0 radical (unpaired) electrons. The van der Waals surface area contributed by atoms with E-state index in [9.17, 15) is 0 Å². The number of hydrogen-bond donors (Lipinski definition) is 0. The molecule has 0 saturated carbocycles. The average molecular weight is 161 g/mol. The third-order valence-corrected chi connectivity index (χ3v) is 1.68. The van der Waals surface area contributed by atoms with Crippen LogP contribution in [0.15, 0.2) is 0 Å². The molecule has 0 saturated heterocycles. The first-order valence-corrected chi connectivity index (χ1v) is 4.58. The molecule has 0 fully saturated rings. The molecule has 0 heterocycles. The van der Waals surface area contributed by atoms with Gasteiger partial charge in [0, 0.05) is 0 Å². The molecule has 0 unspecified atom stereocenters. The van der Waals surface area contributed by atoms with Crippen LogP contribution < -0.4 is 0 Å². The Balaban J connectivity index is 2.91. The van der Waals surface area contributed by atoms with Gasteiger partial charge in [-0.3, -0.25) is 0 Å². The third kappa shape index (κ3) is 6.08. The normalized spacial score (nSPS) is 7.14. The summed E-state index contributed by atoms with van der Waals surface area (Å²) in [5.74, 6) is 3.03. The van der Waals surface area contributed by atoms with Gasteiger partial charge >= 0.3 is 51.3 Å². The van der Waals surface area contributed by atoms with Crippen molar-refractivity contribution in [1.82, 2.24) is 0 Å². The zero-order valence-corrected chi connectivity index (χ0v) is 6.54. The molecule has 0 nitrogen and oxygen atoms in total. The summed E-state index contributed by atoms with van der Waals surface area (Å²) in [5.41, 5.74) is 0. The molecule has 0 spiro atoms. The van der Waals surface area contributed by atoms with E-state index in [1.807, 2.05) is 0 Å². The first kappa shape index (κ1) is 7.08. The van der Waals surface area contributed by atoms with Crippen LogP contribution in [0.4, 0.5) is 0 Å². The van der Waals surface area contributed by atoms with Crippen molar-refractivity contribution in [1.29, 1.82) is 0 Å². The van der Waals surface area contributed by atoms with Gasteiger partial charge < -0.3 is 0 Å². The first-order chi connectivity index (χ1) is 3.41. The van der Waals surface area contributed by atoms with E-state index in [1.165, 1.54) is 5.32 Å². The molecule has 0 aliphatic rings. The van der Waals surface area contributed by atoms with Gasteiger partial charge in [-0.2, -0.15) is 0 Å². The van der Waals surface area contributed by atoms with Crippen molar-refractivity contribution in [3.8, 4) is 10.7 Å². The molecule has 1 heteroatoms. The number of hydrogen-bond acceptors (Lipinski definition) is 0. The number of rotatable bonds is 1. The molecule has 0 rings (SSSR count). The molecule has 0 aliphatic carbocycles. The Hall–Kier alpha value is 0.0795. The van der Waals surface area contributed by atoms with Gasteiger partial charge in [0.1, 0.15) is 0 Å². The fourth-order valence-electron chi connectivity index (χ4n) is 0.195. The quantitative estimate of drug-likeness (QED) is 0.404. The fraction of sp³-hybridized carbons (Fsp3) is 0.667. The van der Waals surface area contributed by atoms with E-state index < -0.39 is 0 Å². The second kappa shape index (κ2) is 6.08. The van der Waals surface area contributed by atoms with Gasteiger partial charge in [-0.15, -0.1) is 0 Å². The van der Waals surface area contributed by atoms with Crippen LogP contribution in [0.2, 0.25) is 5.32 Å². The molecule has 0 aromatic rings. The van der Waals surface area contributed by atoms with Crippen LogP contribution in [0.3, 0.4) is 0 Å². The van der Waals surface area contributed by atoms with Crippen molar-refractivity contribution in [2.24, 2.45) is 0 Å². The van der Waals surface area contributed by atoms with Crippen molar-refractivity contribution in [2.75, 3.05) is 0 Å². The predicted octanol–water partition coefficient (Wildman–Crippen LogP) is 1.50. The van der Waals surface area contributed by atoms with Gasteiger partial charge in [-0.1, -0.05) is 0 Å². The Morgan fingerprint density at radius 1 is 1.43 bits per heavy atom. The predicted molar refractivity (Wildman–Crippen MR) is 34.3 cm³/mol. The standard InChI is InChI=1S/C6H10Se/c1-3-5-6-7-4-2/h3-4H2,1-2H3. The minimum absolute atomic E-state index is 0.607. The van der Waals surface area contributed by atoms with Gasteiger partial charge in [0.2, 0.25) is 0 Å². The molecule has 0 aromatic heterocycles. The van der Waals surface area contributed by atoms with Gasteiger partial charge in [0.05, 0.1) is 0 Å². The second-order valence-electron chi connectivity index (χ2n) is 1.07. The van der Waals surface area contributed by atoms with Crippen molar-refractivity contribution >= 4 is 15.0 Å². The second-order valence-corrected chi connectivity index (χ2v) is 3.31. The van der Waals surface area contributed by atoms with Gasteiger partial charge in [0.25, 0.3) is 0 Å². The zero-order chi connectivity index (χ0) is 5.54. The summed E-state index contributed by atoms with van der Waals surface area (Å²) in [5, 5.41) is 1.25. The summed E-state index contributed by atoms with van der Waals surface area (Å²) in [4.78, 5) is 3.10. The van der Waals surface area contributed by atoms with E-state index in [-0.39, 0.29) is 0 Å². The van der Waals surface area contributed by atoms with Crippen LogP contribution in [0, 0.1) is 10.7 Å². The Labute approximate surface area is 51.8 Å². The molecule has 0 aliphatic heterocycles. The van der Waals surface area contributed by atoms with Crippen LogP contribution in [-0.2, 0) is 0 Å². The van der Waals surface area contributed by atoms with E-state index in [4.69, 9.17) is 0 Å². The monoisotopic (exact) mass is 162 g/mol. The molecule has 40 valence electrons. The summed E-state index contributed by atoms with van der Waals surface area (Å²) in [7, 11) is 0. The fourth-order valence-corrected chi connectivity index (χ4v) is 1.02. The Kier molecular flexibility index (Phi) is 6.15. The van der Waals surface area contributed by atoms with Crippen LogP contribution in [-0.4, -0.2) is 15.0 Å². The van der Waals surface area contributed by atoms with E-state index in [1.54, 1.807) is 0 Å². The van der Waals surface area contributed by atoms with Gasteiger partial charge in [-0.25, -0.2) is 0 Å². The topological polar surface area (TPSA) is 0 Å². The van der Waals surface area contributed by atoms with E-state index in [0.717, 1.165) is 6.42 Å². The average Bonchev–Trinajstić information content (AvgIpc) is 1.69. The Morgan fingerprint density at radius 2 is 2.14 bits per heavy atom. The SMILES string of the molecule is CCC#C[Se]CC. The molecule has 0 amide bonds. The maximum absolute atomic E-state index is 3.10. The van der Waals surface area contributed by atoms with Crippen LogP contribution in [0.1, 0.15) is 20.3 Å². The van der Waals surface area contributed by atoms with Crippen molar-refractivity contribution in [3.05, 3.63) is 0 Å². The Morgan fingerprint density at radius 3 is 2.57 bits per heavy atom. The molecule has 0 atom stereocenters. The van der Waals surface area contributed by atoms with Crippen LogP contribution in [0.25, 0.3) is 0 Å². The summed E-state index contributed by atoms with van der Waals surface area (Å²) in [6, 6.07) is 0. The third-order valence-electron chi connectivity index (χ3n) is 0.465. The molecular weight excluding hydrogens is 151 g/mol. The van der Waals surface area contributed by atoms with E-state index in [0.29, 0.717) is 15.0 Å². The molecule has 0 aromatic carbocycles. The molecule has 0 bridgehead atoms. The summed E-state index contributed by atoms with van der Waals surface area (Å²) < 4.78 is 0. The first-order valence-electron chi connectivity index (χ1n) is 2.51. The van der Waals surface area contributed by atoms with Crippen molar-refractivity contribution in [3.63, 3.8) is 0 Å². The summed E-state index contributed by atoms with van der Waals surface area (Å²) in [6.07, 6.45) is 1.02. The van der Waals surface area contributed by atoms with Crippen molar-refractivity contribution in [2.45, 2.75) is 25.6 Å². The van der Waals surface area contributed by atoms with Crippen LogP contribution >= 0.6 is 0 Å². The molecule has 0 N–H and O–H groups in total. The minimum atomic E-state index is 0.607. The zero-order valence-electron chi connectivity index (χ0n) is 4.82. The van der Waals surface area contributed by atoms with E-state index in [2.05, 4.69) is 24.6 Å². The van der Waals surface area contributed by atoms with Crippen LogP contribution in [0.5, 0.6) is 0 Å². The molecule has 7 heavy (non-hydrogen) atoms.